The molecule has 0 spiro atoms. The number of hydrogen-bond acceptors (Lipinski definition) is 3. The zero-order chi connectivity index (χ0) is 10.8. The van der Waals surface area contributed by atoms with Crippen LogP contribution in [0.1, 0.15) is 10.9 Å². The molecular weight excluding hydrogens is 217 g/mol. The van der Waals surface area contributed by atoms with E-state index < -0.39 is 11.2 Å². The number of hydrogen-bond donors (Lipinski definition) is 2. The second kappa shape index (κ2) is 4.20. The maximum absolute atomic E-state index is 12.7. The molecule has 0 radical (unpaired) electrons. The van der Waals surface area contributed by atoms with Gasteiger partial charge in [0.2, 0.25) is 0 Å². The summed E-state index contributed by atoms with van der Waals surface area (Å²) < 4.78 is 12.7. The number of rotatable bonds is 2. The summed E-state index contributed by atoms with van der Waals surface area (Å²) in [6.07, 6.45) is 0. The Bertz CT molecular complexity index is 368. The van der Waals surface area contributed by atoms with Gasteiger partial charge in [-0.25, -0.2) is 4.39 Å². The van der Waals surface area contributed by atoms with Gasteiger partial charge in [0.1, 0.15) is 11.1 Å². The number of carboxylic acid groups (broad SMARTS) is 1. The minimum absolute atomic E-state index is 0.0494. The third-order valence-electron chi connectivity index (χ3n) is 2.24. The van der Waals surface area contributed by atoms with Crippen molar-refractivity contribution >= 4 is 17.7 Å². The molecule has 2 rings (SSSR count). The molecule has 0 aliphatic carbocycles. The summed E-state index contributed by atoms with van der Waals surface area (Å²) >= 11 is 1.34. The highest BCUT2D eigenvalue weighted by Crippen LogP contribution is 2.34. The summed E-state index contributed by atoms with van der Waals surface area (Å²) in [6, 6.07) is 6.10. The quantitative estimate of drug-likeness (QED) is 0.806. The van der Waals surface area contributed by atoms with Crippen molar-refractivity contribution < 1.29 is 14.3 Å². The molecule has 1 heterocycles. The van der Waals surface area contributed by atoms with Gasteiger partial charge in [-0.15, -0.1) is 11.8 Å². The summed E-state index contributed by atoms with van der Waals surface area (Å²) in [5, 5.41) is 11.4. The average Bonchev–Trinajstić information content (AvgIpc) is 2.68. The van der Waals surface area contributed by atoms with Crippen LogP contribution in [-0.4, -0.2) is 22.9 Å². The number of benzene rings is 1. The standard InChI is InChI=1S/C10H10FNO2S/c11-7-3-1-6(2-4-7)9-12-5-8(15-9)10(13)14/h1-4,8-9,12H,5H2,(H,13,14). The molecule has 1 saturated heterocycles. The molecule has 1 fully saturated rings. The fourth-order valence-corrected chi connectivity index (χ4v) is 2.60. The Labute approximate surface area is 90.7 Å². The number of carbonyl (C=O) groups is 1. The summed E-state index contributed by atoms with van der Waals surface area (Å²) in [7, 11) is 0. The minimum Gasteiger partial charge on any atom is -0.480 e. The molecule has 0 bridgehead atoms. The van der Waals surface area contributed by atoms with Crippen LogP contribution in [0, 0.1) is 5.82 Å². The van der Waals surface area contributed by atoms with E-state index in [-0.39, 0.29) is 11.2 Å². The molecule has 2 atom stereocenters. The first-order chi connectivity index (χ1) is 7.16. The molecule has 0 aromatic heterocycles. The molecule has 5 heteroatoms. The third kappa shape index (κ3) is 2.30. The molecule has 80 valence electrons. The molecule has 1 aliphatic heterocycles. The van der Waals surface area contributed by atoms with Crippen molar-refractivity contribution in [3.05, 3.63) is 35.6 Å². The van der Waals surface area contributed by atoms with E-state index >= 15 is 0 Å². The largest absolute Gasteiger partial charge is 0.480 e. The lowest BCUT2D eigenvalue weighted by Crippen LogP contribution is -2.21. The van der Waals surface area contributed by atoms with Crippen molar-refractivity contribution in [2.45, 2.75) is 10.6 Å². The van der Waals surface area contributed by atoms with Crippen LogP contribution in [0.5, 0.6) is 0 Å². The van der Waals surface area contributed by atoms with Gasteiger partial charge in [0.25, 0.3) is 0 Å². The molecule has 1 aliphatic rings. The van der Waals surface area contributed by atoms with E-state index in [1.165, 1.54) is 23.9 Å². The van der Waals surface area contributed by atoms with Gasteiger partial charge in [-0.05, 0) is 17.7 Å². The van der Waals surface area contributed by atoms with Gasteiger partial charge < -0.3 is 5.11 Å². The lowest BCUT2D eigenvalue weighted by molar-refractivity contribution is -0.136. The Morgan fingerprint density at radius 2 is 2.13 bits per heavy atom. The van der Waals surface area contributed by atoms with Crippen LogP contribution in [0.4, 0.5) is 4.39 Å². The monoisotopic (exact) mass is 227 g/mol. The summed E-state index contributed by atoms with van der Waals surface area (Å²) in [5.74, 6) is -1.09. The molecule has 15 heavy (non-hydrogen) atoms. The van der Waals surface area contributed by atoms with Crippen LogP contribution >= 0.6 is 11.8 Å². The van der Waals surface area contributed by atoms with E-state index in [0.29, 0.717) is 6.54 Å². The average molecular weight is 227 g/mol. The molecule has 0 saturated carbocycles. The van der Waals surface area contributed by atoms with Gasteiger partial charge >= 0.3 is 5.97 Å². The Morgan fingerprint density at radius 1 is 1.47 bits per heavy atom. The van der Waals surface area contributed by atoms with E-state index in [0.717, 1.165) is 5.56 Å². The number of nitrogens with one attached hydrogen (secondary N) is 1. The fraction of sp³-hybridized carbons (Fsp3) is 0.300. The topological polar surface area (TPSA) is 49.3 Å². The van der Waals surface area contributed by atoms with Crippen LogP contribution in [0.15, 0.2) is 24.3 Å². The Morgan fingerprint density at radius 3 is 2.67 bits per heavy atom. The second-order valence-electron chi connectivity index (χ2n) is 3.30. The summed E-state index contributed by atoms with van der Waals surface area (Å²) in [5.41, 5.74) is 0.908. The van der Waals surface area contributed by atoms with E-state index in [1.54, 1.807) is 12.1 Å². The number of thioether (sulfide) groups is 1. The lowest BCUT2D eigenvalue weighted by Gasteiger charge is -2.09. The normalized spacial score (nSPS) is 25.4. The van der Waals surface area contributed by atoms with Crippen LogP contribution in [0.25, 0.3) is 0 Å². The van der Waals surface area contributed by atoms with E-state index in [1.807, 2.05) is 0 Å². The first kappa shape index (κ1) is 10.4. The van der Waals surface area contributed by atoms with Crippen LogP contribution in [0.3, 0.4) is 0 Å². The predicted molar refractivity (Wildman–Crippen MR) is 56.2 cm³/mol. The minimum atomic E-state index is -0.808. The van der Waals surface area contributed by atoms with Gasteiger partial charge in [0.15, 0.2) is 0 Å². The Hall–Kier alpha value is -1.07. The zero-order valence-electron chi connectivity index (χ0n) is 7.81. The van der Waals surface area contributed by atoms with E-state index in [2.05, 4.69) is 5.32 Å². The van der Waals surface area contributed by atoms with Gasteiger partial charge in [-0.3, -0.25) is 10.1 Å². The van der Waals surface area contributed by atoms with Gasteiger partial charge in [0.05, 0.1) is 5.37 Å². The van der Waals surface area contributed by atoms with Gasteiger partial charge in [-0.1, -0.05) is 12.1 Å². The van der Waals surface area contributed by atoms with Crippen LogP contribution in [-0.2, 0) is 4.79 Å². The highest BCUT2D eigenvalue weighted by atomic mass is 32.2. The first-order valence-corrected chi connectivity index (χ1v) is 5.48. The van der Waals surface area contributed by atoms with Crippen LogP contribution in [0.2, 0.25) is 0 Å². The van der Waals surface area contributed by atoms with Crippen molar-refractivity contribution in [1.82, 2.24) is 5.32 Å². The lowest BCUT2D eigenvalue weighted by atomic mass is 10.2. The molecule has 2 N–H and O–H groups in total. The highest BCUT2D eigenvalue weighted by Gasteiger charge is 2.30. The molecule has 1 aromatic rings. The van der Waals surface area contributed by atoms with Crippen molar-refractivity contribution in [3.63, 3.8) is 0 Å². The van der Waals surface area contributed by atoms with Gasteiger partial charge in [0, 0.05) is 6.54 Å². The smallest absolute Gasteiger partial charge is 0.318 e. The van der Waals surface area contributed by atoms with Crippen molar-refractivity contribution in [2.75, 3.05) is 6.54 Å². The predicted octanol–water partition coefficient (Wildman–Crippen LogP) is 1.61. The SMILES string of the molecule is O=C(O)C1CNC(c2ccc(F)cc2)S1. The molecular formula is C10H10FNO2S. The maximum Gasteiger partial charge on any atom is 0.318 e. The molecule has 0 amide bonds. The number of carboxylic acids is 1. The highest BCUT2D eigenvalue weighted by molar-refractivity contribution is 8.01. The molecule has 2 unspecified atom stereocenters. The van der Waals surface area contributed by atoms with E-state index in [9.17, 15) is 9.18 Å². The second-order valence-corrected chi connectivity index (χ2v) is 4.62. The summed E-state index contributed by atoms with van der Waals surface area (Å²) in [4.78, 5) is 10.7. The number of aliphatic carboxylic acids is 1. The molecule has 1 aromatic carbocycles. The van der Waals surface area contributed by atoms with Crippen LogP contribution < -0.4 is 5.32 Å². The number of halogens is 1. The third-order valence-corrected chi connectivity index (χ3v) is 3.65. The van der Waals surface area contributed by atoms with E-state index in [4.69, 9.17) is 5.11 Å². The zero-order valence-corrected chi connectivity index (χ0v) is 8.63. The Balaban J connectivity index is 2.07. The van der Waals surface area contributed by atoms with Gasteiger partial charge in [-0.2, -0.15) is 0 Å². The van der Waals surface area contributed by atoms with Crippen molar-refractivity contribution in [3.8, 4) is 0 Å². The Kier molecular flexibility index (Phi) is 2.93. The summed E-state index contributed by atoms with van der Waals surface area (Å²) in [6.45, 7) is 0.446. The van der Waals surface area contributed by atoms with Crippen molar-refractivity contribution in [2.24, 2.45) is 0 Å². The maximum atomic E-state index is 12.7. The molecule has 3 nitrogen and oxygen atoms in total. The first-order valence-electron chi connectivity index (χ1n) is 4.54. The fourth-order valence-electron chi connectivity index (χ4n) is 1.45. The van der Waals surface area contributed by atoms with Crippen molar-refractivity contribution in [1.29, 1.82) is 0 Å².